The number of hydrogen-bond acceptors (Lipinski definition) is 3. The molecule has 0 aliphatic carbocycles. The minimum absolute atomic E-state index is 0.300. The fourth-order valence-corrected chi connectivity index (χ4v) is 1.08. The van der Waals surface area contributed by atoms with Crippen LogP contribution in [0.1, 0.15) is 11.3 Å². The van der Waals surface area contributed by atoms with Gasteiger partial charge in [-0.15, -0.1) is 0 Å². The summed E-state index contributed by atoms with van der Waals surface area (Å²) in [6.07, 6.45) is 1.91. The van der Waals surface area contributed by atoms with Crippen LogP contribution in [0.5, 0.6) is 0 Å². The third-order valence-electron chi connectivity index (χ3n) is 2.06. The Morgan fingerprint density at radius 1 is 1.75 bits per heavy atom. The average Bonchev–Trinajstić information content (AvgIpc) is 2.36. The van der Waals surface area contributed by atoms with Crippen LogP contribution in [0.2, 0.25) is 0 Å². The van der Waals surface area contributed by atoms with E-state index in [-0.39, 0.29) is 0 Å². The molecule has 4 nitrogen and oxygen atoms in total. The van der Waals surface area contributed by atoms with Gasteiger partial charge in [-0.05, 0) is 12.5 Å². The Kier molecular flexibility index (Phi) is 2.83. The molecule has 0 aromatic carbocycles. The molecule has 0 aliphatic rings. The molecule has 0 saturated carbocycles. The SMILES string of the molecule is Cc1c(CC(O)CN)cnn1C. The predicted molar refractivity (Wildman–Crippen MR) is 46.7 cm³/mol. The van der Waals surface area contributed by atoms with Crippen LogP contribution < -0.4 is 5.73 Å². The van der Waals surface area contributed by atoms with Crippen LogP contribution >= 0.6 is 0 Å². The van der Waals surface area contributed by atoms with E-state index in [2.05, 4.69) is 5.10 Å². The van der Waals surface area contributed by atoms with Crippen molar-refractivity contribution >= 4 is 0 Å². The Bertz CT molecular complexity index is 257. The van der Waals surface area contributed by atoms with Crippen LogP contribution in [0.3, 0.4) is 0 Å². The topological polar surface area (TPSA) is 64.1 Å². The number of rotatable bonds is 3. The van der Waals surface area contributed by atoms with Gasteiger partial charge in [0.25, 0.3) is 0 Å². The summed E-state index contributed by atoms with van der Waals surface area (Å²) in [4.78, 5) is 0. The van der Waals surface area contributed by atoms with Gasteiger partial charge in [0.15, 0.2) is 0 Å². The molecule has 1 aromatic rings. The number of aryl methyl sites for hydroxylation is 1. The number of nitrogens with zero attached hydrogens (tertiary/aromatic N) is 2. The molecular weight excluding hydrogens is 154 g/mol. The lowest BCUT2D eigenvalue weighted by Gasteiger charge is -2.06. The summed E-state index contributed by atoms with van der Waals surface area (Å²) in [6, 6.07) is 0. The van der Waals surface area contributed by atoms with Gasteiger partial charge in [0.2, 0.25) is 0 Å². The zero-order valence-electron chi connectivity index (χ0n) is 7.49. The van der Waals surface area contributed by atoms with Gasteiger partial charge >= 0.3 is 0 Å². The van der Waals surface area contributed by atoms with Crippen LogP contribution in [0.15, 0.2) is 6.20 Å². The van der Waals surface area contributed by atoms with E-state index in [1.165, 1.54) is 0 Å². The van der Waals surface area contributed by atoms with E-state index in [0.29, 0.717) is 13.0 Å². The number of aliphatic hydroxyl groups excluding tert-OH is 1. The van der Waals surface area contributed by atoms with Crippen molar-refractivity contribution in [2.45, 2.75) is 19.4 Å². The Morgan fingerprint density at radius 3 is 2.83 bits per heavy atom. The monoisotopic (exact) mass is 169 g/mol. The molecule has 0 radical (unpaired) electrons. The second-order valence-electron chi connectivity index (χ2n) is 2.97. The summed E-state index contributed by atoms with van der Waals surface area (Å²) in [5.74, 6) is 0. The first-order valence-electron chi connectivity index (χ1n) is 4.00. The van der Waals surface area contributed by atoms with E-state index in [1.807, 2.05) is 14.0 Å². The van der Waals surface area contributed by atoms with Crippen molar-refractivity contribution in [2.24, 2.45) is 12.8 Å². The van der Waals surface area contributed by atoms with Gasteiger partial charge in [0, 0.05) is 25.7 Å². The Hall–Kier alpha value is -0.870. The largest absolute Gasteiger partial charge is 0.391 e. The molecule has 1 heterocycles. The first-order valence-corrected chi connectivity index (χ1v) is 4.00. The van der Waals surface area contributed by atoms with Crippen molar-refractivity contribution < 1.29 is 5.11 Å². The van der Waals surface area contributed by atoms with Crippen LogP contribution in [0.4, 0.5) is 0 Å². The molecule has 68 valence electrons. The maximum absolute atomic E-state index is 9.28. The highest BCUT2D eigenvalue weighted by Gasteiger charge is 2.08. The quantitative estimate of drug-likeness (QED) is 0.646. The molecule has 0 amide bonds. The Balaban J connectivity index is 2.69. The number of aliphatic hydroxyl groups is 1. The molecule has 1 aromatic heterocycles. The van der Waals surface area contributed by atoms with E-state index in [4.69, 9.17) is 5.73 Å². The minimum atomic E-state index is -0.451. The van der Waals surface area contributed by atoms with Crippen molar-refractivity contribution in [3.8, 4) is 0 Å². The van der Waals surface area contributed by atoms with Gasteiger partial charge in [-0.25, -0.2) is 0 Å². The number of nitrogens with two attached hydrogens (primary N) is 1. The van der Waals surface area contributed by atoms with Gasteiger partial charge < -0.3 is 10.8 Å². The van der Waals surface area contributed by atoms with Crippen LogP contribution in [0, 0.1) is 6.92 Å². The maximum Gasteiger partial charge on any atom is 0.0703 e. The van der Waals surface area contributed by atoms with E-state index in [0.717, 1.165) is 11.3 Å². The van der Waals surface area contributed by atoms with E-state index >= 15 is 0 Å². The van der Waals surface area contributed by atoms with E-state index < -0.39 is 6.10 Å². The normalized spacial score (nSPS) is 13.3. The molecule has 12 heavy (non-hydrogen) atoms. The smallest absolute Gasteiger partial charge is 0.0703 e. The summed E-state index contributed by atoms with van der Waals surface area (Å²) in [5, 5.41) is 13.4. The average molecular weight is 169 g/mol. The molecule has 0 aliphatic heterocycles. The van der Waals surface area contributed by atoms with Crippen LogP contribution in [-0.2, 0) is 13.5 Å². The molecular formula is C8H15N3O. The van der Waals surface area contributed by atoms with Gasteiger partial charge in [-0.3, -0.25) is 4.68 Å². The molecule has 0 bridgehead atoms. The predicted octanol–water partition coefficient (Wildman–Crippen LogP) is -0.409. The van der Waals surface area contributed by atoms with Gasteiger partial charge in [-0.1, -0.05) is 0 Å². The minimum Gasteiger partial charge on any atom is -0.391 e. The number of hydrogen-bond donors (Lipinski definition) is 2. The van der Waals surface area contributed by atoms with Crippen molar-refractivity contribution in [3.63, 3.8) is 0 Å². The summed E-state index contributed by atoms with van der Waals surface area (Å²) in [5.41, 5.74) is 7.45. The lowest BCUT2D eigenvalue weighted by molar-refractivity contribution is 0.183. The number of aromatic nitrogens is 2. The highest BCUT2D eigenvalue weighted by Crippen LogP contribution is 2.07. The second-order valence-corrected chi connectivity index (χ2v) is 2.97. The third-order valence-corrected chi connectivity index (χ3v) is 2.06. The van der Waals surface area contributed by atoms with Gasteiger partial charge in [0.05, 0.1) is 12.3 Å². The zero-order chi connectivity index (χ0) is 9.14. The first kappa shape index (κ1) is 9.22. The van der Waals surface area contributed by atoms with Crippen LogP contribution in [-0.4, -0.2) is 27.5 Å². The molecule has 1 atom stereocenters. The molecule has 0 fully saturated rings. The van der Waals surface area contributed by atoms with E-state index in [9.17, 15) is 5.11 Å². The fraction of sp³-hybridized carbons (Fsp3) is 0.625. The highest BCUT2D eigenvalue weighted by molar-refractivity contribution is 5.16. The summed E-state index contributed by atoms with van der Waals surface area (Å²) >= 11 is 0. The molecule has 4 heteroatoms. The first-order chi connectivity index (χ1) is 5.65. The van der Waals surface area contributed by atoms with Crippen molar-refractivity contribution in [3.05, 3.63) is 17.5 Å². The molecule has 3 N–H and O–H groups in total. The summed E-state index contributed by atoms with van der Waals surface area (Å²) in [6.45, 7) is 2.28. The Morgan fingerprint density at radius 2 is 2.42 bits per heavy atom. The van der Waals surface area contributed by atoms with Gasteiger partial charge in [0.1, 0.15) is 0 Å². The van der Waals surface area contributed by atoms with Gasteiger partial charge in [-0.2, -0.15) is 5.10 Å². The second kappa shape index (κ2) is 3.69. The standard InChI is InChI=1S/C8H15N3O/c1-6-7(3-8(12)4-9)5-10-11(6)2/h5,8,12H,3-4,9H2,1-2H3. The summed E-state index contributed by atoms with van der Waals surface area (Å²) in [7, 11) is 1.88. The third kappa shape index (κ3) is 1.84. The summed E-state index contributed by atoms with van der Waals surface area (Å²) < 4.78 is 1.79. The Labute approximate surface area is 72.0 Å². The molecule has 0 saturated heterocycles. The molecule has 1 unspecified atom stereocenters. The van der Waals surface area contributed by atoms with E-state index in [1.54, 1.807) is 10.9 Å². The van der Waals surface area contributed by atoms with Crippen LogP contribution in [0.25, 0.3) is 0 Å². The lowest BCUT2D eigenvalue weighted by atomic mass is 10.1. The van der Waals surface area contributed by atoms with Crippen molar-refractivity contribution in [1.29, 1.82) is 0 Å². The lowest BCUT2D eigenvalue weighted by Crippen LogP contribution is -2.22. The maximum atomic E-state index is 9.28. The highest BCUT2D eigenvalue weighted by atomic mass is 16.3. The fourth-order valence-electron chi connectivity index (χ4n) is 1.08. The molecule has 1 rings (SSSR count). The molecule has 0 spiro atoms. The van der Waals surface area contributed by atoms with Crippen molar-refractivity contribution in [1.82, 2.24) is 9.78 Å². The van der Waals surface area contributed by atoms with Crippen molar-refractivity contribution in [2.75, 3.05) is 6.54 Å². The zero-order valence-corrected chi connectivity index (χ0v) is 7.49.